The van der Waals surface area contributed by atoms with Crippen molar-refractivity contribution in [1.29, 1.82) is 0 Å². The predicted molar refractivity (Wildman–Crippen MR) is 127 cm³/mol. The van der Waals surface area contributed by atoms with E-state index >= 15 is 0 Å². The number of Topliss-reactive ketones (excluding diaryl/α,β-unsaturated/α-hetero) is 1. The van der Waals surface area contributed by atoms with Gasteiger partial charge in [-0.1, -0.05) is 24.3 Å². The second kappa shape index (κ2) is 8.57. The van der Waals surface area contributed by atoms with Crippen molar-refractivity contribution >= 4 is 12.0 Å². The lowest BCUT2D eigenvalue weighted by Crippen LogP contribution is -2.20. The summed E-state index contributed by atoms with van der Waals surface area (Å²) in [5, 5.41) is 0. The highest BCUT2D eigenvalue weighted by molar-refractivity contribution is 6.08. The molecule has 4 aromatic rings. The van der Waals surface area contributed by atoms with E-state index in [9.17, 15) is 4.79 Å². The molecule has 0 spiro atoms. The number of benzene rings is 2. The minimum Gasteiger partial charge on any atom is -0.326 e. The van der Waals surface area contributed by atoms with Crippen LogP contribution in [-0.4, -0.2) is 50.1 Å². The summed E-state index contributed by atoms with van der Waals surface area (Å²) in [5.41, 5.74) is 10.6. The Labute approximate surface area is 192 Å². The molecule has 0 amide bonds. The first-order valence-corrected chi connectivity index (χ1v) is 10.8. The Hall–Kier alpha value is -3.88. The fourth-order valence-electron chi connectivity index (χ4n) is 4.10. The summed E-state index contributed by atoms with van der Waals surface area (Å²) < 4.78 is 3.87. The molecule has 5 rings (SSSR count). The second-order valence-electron chi connectivity index (χ2n) is 8.31. The number of aromatic nitrogens is 4. The van der Waals surface area contributed by atoms with Crippen LogP contribution in [0.2, 0.25) is 0 Å². The lowest BCUT2D eigenvalue weighted by molar-refractivity contribution is 0.0953. The fraction of sp³-hybridized carbons (Fsp3) is 0.200. The first-order valence-electron chi connectivity index (χ1n) is 10.8. The maximum atomic E-state index is 13.5. The van der Waals surface area contributed by atoms with Crippen LogP contribution in [0, 0.1) is 0 Å². The molecule has 0 radical (unpaired) electrons. The summed E-state index contributed by atoms with van der Waals surface area (Å²) >= 11 is 0. The average molecular weight is 440 g/mol. The van der Waals surface area contributed by atoms with Crippen LogP contribution in [0.4, 0.5) is 0 Å². The van der Waals surface area contributed by atoms with E-state index in [-0.39, 0.29) is 5.78 Å². The van der Waals surface area contributed by atoms with Crippen molar-refractivity contribution in [2.24, 2.45) is 10.7 Å². The summed E-state index contributed by atoms with van der Waals surface area (Å²) in [4.78, 5) is 28.9. The summed E-state index contributed by atoms with van der Waals surface area (Å²) in [6.45, 7) is 1.17. The van der Waals surface area contributed by atoms with E-state index in [0.717, 1.165) is 34.9 Å². The minimum absolute atomic E-state index is 0.0770. The van der Waals surface area contributed by atoms with Gasteiger partial charge in [-0.25, -0.2) is 9.97 Å². The number of fused-ring (bicyclic) bond motifs is 1. The van der Waals surface area contributed by atoms with Crippen LogP contribution in [0.5, 0.6) is 0 Å². The van der Waals surface area contributed by atoms with Gasteiger partial charge in [0.05, 0.1) is 12.8 Å². The molecule has 8 heteroatoms. The monoisotopic (exact) mass is 439 g/mol. The predicted octanol–water partition coefficient (Wildman–Crippen LogP) is 2.93. The van der Waals surface area contributed by atoms with E-state index < -0.39 is 6.04 Å². The molecule has 3 heterocycles. The van der Waals surface area contributed by atoms with Crippen LogP contribution in [0.15, 0.2) is 72.2 Å². The smallest absolute Gasteiger partial charge is 0.210 e. The van der Waals surface area contributed by atoms with E-state index in [1.807, 2.05) is 78.0 Å². The molecule has 0 saturated carbocycles. The molecule has 1 unspecified atom stereocenters. The second-order valence-corrected chi connectivity index (χ2v) is 8.31. The summed E-state index contributed by atoms with van der Waals surface area (Å²) in [6.07, 6.45) is 7.09. The number of carbonyl (C=O) groups excluding carboxylic acids is 1. The minimum atomic E-state index is -0.608. The first-order chi connectivity index (χ1) is 16.0. The first kappa shape index (κ1) is 21.0. The van der Waals surface area contributed by atoms with Gasteiger partial charge in [0.25, 0.3) is 0 Å². The SMILES string of the molecule is CN(C)Cc1nccn1-c1ccc(C2N=Cc3ncn(-c4cccc(CN)c4)c3C2=O)cc1. The molecule has 1 atom stereocenters. The molecule has 1 aliphatic heterocycles. The Bertz CT molecular complexity index is 1330. The molecule has 0 bridgehead atoms. The van der Waals surface area contributed by atoms with E-state index in [1.165, 1.54) is 0 Å². The number of nitrogens with zero attached hydrogens (tertiary/aromatic N) is 6. The molecule has 1 aliphatic rings. The van der Waals surface area contributed by atoms with Gasteiger partial charge in [0, 0.05) is 30.3 Å². The van der Waals surface area contributed by atoms with Gasteiger partial charge in [-0.05, 0) is 49.5 Å². The van der Waals surface area contributed by atoms with Crippen LogP contribution >= 0.6 is 0 Å². The average Bonchev–Trinajstić information content (AvgIpc) is 3.47. The van der Waals surface area contributed by atoms with Gasteiger partial charge in [-0.2, -0.15) is 0 Å². The highest BCUT2D eigenvalue weighted by atomic mass is 16.1. The summed E-state index contributed by atoms with van der Waals surface area (Å²) in [5.74, 6) is 0.875. The van der Waals surface area contributed by atoms with Gasteiger partial charge in [0.2, 0.25) is 5.78 Å². The summed E-state index contributed by atoms with van der Waals surface area (Å²) in [6, 6.07) is 15.1. The molecule has 8 nitrogen and oxygen atoms in total. The van der Waals surface area contributed by atoms with Crippen LogP contribution in [0.25, 0.3) is 11.4 Å². The van der Waals surface area contributed by atoms with Gasteiger partial charge in [0.15, 0.2) is 0 Å². The molecular formula is C25H25N7O. The molecule has 0 saturated heterocycles. The highest BCUT2D eigenvalue weighted by Crippen LogP contribution is 2.29. The number of rotatable bonds is 6. The molecule has 0 aliphatic carbocycles. The molecule has 2 aromatic carbocycles. The number of aliphatic imine (C=N–C) groups is 1. The van der Waals surface area contributed by atoms with Crippen molar-refractivity contribution < 1.29 is 4.79 Å². The quantitative estimate of drug-likeness (QED) is 0.499. The zero-order chi connectivity index (χ0) is 22.9. The Morgan fingerprint density at radius 3 is 2.61 bits per heavy atom. The Morgan fingerprint density at radius 1 is 1.03 bits per heavy atom. The third kappa shape index (κ3) is 3.90. The maximum absolute atomic E-state index is 13.5. The van der Waals surface area contributed by atoms with E-state index in [4.69, 9.17) is 5.73 Å². The third-order valence-corrected chi connectivity index (χ3v) is 5.71. The Kier molecular flexibility index (Phi) is 5.45. The largest absolute Gasteiger partial charge is 0.326 e. The van der Waals surface area contributed by atoms with Crippen LogP contribution in [-0.2, 0) is 13.1 Å². The lowest BCUT2D eigenvalue weighted by Gasteiger charge is -2.18. The molecule has 0 fully saturated rings. The number of hydrogen-bond acceptors (Lipinski definition) is 6. The van der Waals surface area contributed by atoms with Crippen molar-refractivity contribution in [3.8, 4) is 11.4 Å². The van der Waals surface area contributed by atoms with Crippen molar-refractivity contribution in [3.63, 3.8) is 0 Å². The van der Waals surface area contributed by atoms with E-state index in [0.29, 0.717) is 17.9 Å². The van der Waals surface area contributed by atoms with E-state index in [1.54, 1.807) is 18.7 Å². The molecular weight excluding hydrogens is 414 g/mol. The zero-order valence-electron chi connectivity index (χ0n) is 18.6. The number of ketones is 1. The van der Waals surface area contributed by atoms with Crippen molar-refractivity contribution in [1.82, 2.24) is 24.0 Å². The van der Waals surface area contributed by atoms with Gasteiger partial charge < -0.3 is 15.2 Å². The van der Waals surface area contributed by atoms with Crippen molar-refractivity contribution in [3.05, 3.63) is 95.6 Å². The molecule has 33 heavy (non-hydrogen) atoms. The van der Waals surface area contributed by atoms with Crippen LogP contribution in [0.1, 0.15) is 39.2 Å². The summed E-state index contributed by atoms with van der Waals surface area (Å²) in [7, 11) is 4.03. The Morgan fingerprint density at radius 2 is 1.85 bits per heavy atom. The highest BCUT2D eigenvalue weighted by Gasteiger charge is 2.30. The van der Waals surface area contributed by atoms with Crippen molar-refractivity contribution in [2.45, 2.75) is 19.1 Å². The number of nitrogens with two attached hydrogens (primary N) is 1. The lowest BCUT2D eigenvalue weighted by atomic mass is 9.97. The molecule has 2 aromatic heterocycles. The van der Waals surface area contributed by atoms with Crippen molar-refractivity contribution in [2.75, 3.05) is 14.1 Å². The molecule has 2 N–H and O–H groups in total. The number of imidazole rings is 2. The third-order valence-electron chi connectivity index (χ3n) is 5.71. The standard InChI is InChI=1S/C25H25N7O/c1-30(2)15-22-27-10-11-31(22)19-8-6-18(7-9-19)23-25(33)24-21(14-28-23)29-16-32(24)20-5-3-4-17(12-20)13-26/h3-12,14,16,23H,13,15,26H2,1-2H3. The maximum Gasteiger partial charge on any atom is 0.210 e. The van der Waals surface area contributed by atoms with Gasteiger partial charge in [0.1, 0.15) is 29.6 Å². The van der Waals surface area contributed by atoms with E-state index in [2.05, 4.69) is 19.9 Å². The topological polar surface area (TPSA) is 94.3 Å². The van der Waals surface area contributed by atoms with Crippen LogP contribution < -0.4 is 5.73 Å². The normalized spacial score (nSPS) is 15.3. The number of hydrogen-bond donors (Lipinski definition) is 1. The molecule has 166 valence electrons. The number of carbonyl (C=O) groups is 1. The Balaban J connectivity index is 1.45. The fourth-order valence-corrected chi connectivity index (χ4v) is 4.10. The van der Waals surface area contributed by atoms with Gasteiger partial charge >= 0.3 is 0 Å². The van der Waals surface area contributed by atoms with Gasteiger partial charge in [-0.15, -0.1) is 0 Å². The zero-order valence-corrected chi connectivity index (χ0v) is 18.6. The van der Waals surface area contributed by atoms with Gasteiger partial charge in [-0.3, -0.25) is 14.4 Å². The van der Waals surface area contributed by atoms with Crippen LogP contribution in [0.3, 0.4) is 0 Å².